The van der Waals surface area contributed by atoms with Crippen molar-refractivity contribution in [2.45, 2.75) is 44.2 Å². The molecule has 1 atom stereocenters. The van der Waals surface area contributed by atoms with Crippen LogP contribution in [0.5, 0.6) is 0 Å². The van der Waals surface area contributed by atoms with Gasteiger partial charge in [-0.2, -0.15) is 11.8 Å². The summed E-state index contributed by atoms with van der Waals surface area (Å²) >= 11 is 1.82. The zero-order valence-electron chi connectivity index (χ0n) is 15.6. The molecular formula is C17H35IN4O2S. The van der Waals surface area contributed by atoms with E-state index < -0.39 is 5.60 Å². The number of hydrogen-bond acceptors (Lipinski definition) is 5. The Bertz CT molecular complexity index is 387. The molecule has 1 unspecified atom stereocenters. The molecule has 0 amide bonds. The highest BCUT2D eigenvalue weighted by Crippen LogP contribution is 2.27. The van der Waals surface area contributed by atoms with Gasteiger partial charge in [0.25, 0.3) is 0 Å². The Morgan fingerprint density at radius 2 is 2.16 bits per heavy atom. The lowest BCUT2D eigenvalue weighted by Gasteiger charge is -2.33. The predicted molar refractivity (Wildman–Crippen MR) is 117 cm³/mol. The van der Waals surface area contributed by atoms with Crippen LogP contribution in [0.1, 0.15) is 32.6 Å². The van der Waals surface area contributed by atoms with Crippen LogP contribution in [0.3, 0.4) is 0 Å². The molecule has 0 spiro atoms. The third-order valence-electron chi connectivity index (χ3n) is 4.71. The third-order valence-corrected chi connectivity index (χ3v) is 5.94. The van der Waals surface area contributed by atoms with Gasteiger partial charge < -0.3 is 25.4 Å². The number of halogens is 1. The number of piperidine rings is 1. The van der Waals surface area contributed by atoms with Gasteiger partial charge in [0.1, 0.15) is 0 Å². The summed E-state index contributed by atoms with van der Waals surface area (Å²) in [6.07, 6.45) is 4.23. The van der Waals surface area contributed by atoms with Crippen LogP contribution in [0, 0.1) is 0 Å². The summed E-state index contributed by atoms with van der Waals surface area (Å²) in [5.74, 6) is 2.69. The fraction of sp³-hybridized carbons (Fsp3) is 0.941. The lowest BCUT2D eigenvalue weighted by molar-refractivity contribution is 0.0778. The summed E-state index contributed by atoms with van der Waals surface area (Å²) in [5, 5.41) is 17.3. The van der Waals surface area contributed by atoms with Crippen molar-refractivity contribution in [3.63, 3.8) is 0 Å². The maximum atomic E-state index is 10.5. The number of nitrogens with zero attached hydrogens (tertiary/aromatic N) is 2. The average molecular weight is 486 g/mol. The zero-order valence-corrected chi connectivity index (χ0v) is 18.8. The van der Waals surface area contributed by atoms with Gasteiger partial charge in [0.15, 0.2) is 5.96 Å². The molecular weight excluding hydrogens is 451 g/mol. The van der Waals surface area contributed by atoms with Crippen molar-refractivity contribution in [2.75, 3.05) is 57.9 Å². The summed E-state index contributed by atoms with van der Waals surface area (Å²) in [6.45, 7) is 7.63. The van der Waals surface area contributed by atoms with Crippen molar-refractivity contribution in [1.82, 2.24) is 15.5 Å². The molecule has 0 bridgehead atoms. The normalized spacial score (nSPS) is 25.6. The molecule has 0 radical (unpaired) electrons. The Labute approximate surface area is 173 Å². The summed E-state index contributed by atoms with van der Waals surface area (Å²) < 4.78 is 5.13. The molecule has 2 fully saturated rings. The molecule has 8 heteroatoms. The van der Waals surface area contributed by atoms with Gasteiger partial charge >= 0.3 is 0 Å². The molecule has 2 aliphatic rings. The minimum atomic E-state index is -0.613. The van der Waals surface area contributed by atoms with Gasteiger partial charge in [0.2, 0.25) is 0 Å². The molecule has 0 aromatic heterocycles. The Morgan fingerprint density at radius 3 is 2.76 bits per heavy atom. The number of aliphatic hydroxyl groups is 1. The van der Waals surface area contributed by atoms with Gasteiger partial charge in [0.05, 0.1) is 12.1 Å². The van der Waals surface area contributed by atoms with Gasteiger partial charge in [-0.25, -0.2) is 0 Å². The number of methoxy groups -OCH3 is 1. The monoisotopic (exact) mass is 486 g/mol. The number of likely N-dealkylation sites (tertiary alicyclic amines) is 1. The number of thioether (sulfide) groups is 1. The first-order chi connectivity index (χ1) is 11.6. The summed E-state index contributed by atoms with van der Waals surface area (Å²) in [7, 11) is 1.76. The third kappa shape index (κ3) is 8.64. The second-order valence-corrected chi connectivity index (χ2v) is 7.93. The Morgan fingerprint density at radius 1 is 1.40 bits per heavy atom. The Hall–Kier alpha value is 0.230. The lowest BCUT2D eigenvalue weighted by Crippen LogP contribution is -2.49. The molecule has 2 saturated heterocycles. The van der Waals surface area contributed by atoms with Gasteiger partial charge in [-0.3, -0.25) is 4.99 Å². The molecule has 0 saturated carbocycles. The zero-order chi connectivity index (χ0) is 17.3. The Kier molecular flexibility index (Phi) is 11.7. The molecule has 0 aromatic carbocycles. The van der Waals surface area contributed by atoms with Gasteiger partial charge in [0, 0.05) is 51.7 Å². The van der Waals surface area contributed by atoms with Crippen molar-refractivity contribution >= 4 is 41.7 Å². The van der Waals surface area contributed by atoms with Crippen LogP contribution < -0.4 is 10.6 Å². The van der Waals surface area contributed by atoms with E-state index in [1.54, 1.807) is 7.11 Å². The number of rotatable bonds is 8. The van der Waals surface area contributed by atoms with Crippen LogP contribution in [0.2, 0.25) is 0 Å². The minimum Gasteiger partial charge on any atom is -0.387 e. The highest BCUT2D eigenvalue weighted by Gasteiger charge is 2.31. The van der Waals surface area contributed by atoms with E-state index in [9.17, 15) is 5.11 Å². The quantitative estimate of drug-likeness (QED) is 0.209. The van der Waals surface area contributed by atoms with E-state index in [1.165, 1.54) is 0 Å². The largest absolute Gasteiger partial charge is 0.387 e. The second kappa shape index (κ2) is 12.6. The maximum absolute atomic E-state index is 10.5. The molecule has 25 heavy (non-hydrogen) atoms. The molecule has 2 aliphatic heterocycles. The molecule has 6 nitrogen and oxygen atoms in total. The van der Waals surface area contributed by atoms with E-state index in [0.29, 0.717) is 12.6 Å². The molecule has 3 N–H and O–H groups in total. The smallest absolute Gasteiger partial charge is 0.191 e. The predicted octanol–water partition coefficient (Wildman–Crippen LogP) is 1.53. The van der Waals surface area contributed by atoms with Crippen LogP contribution in [0.4, 0.5) is 0 Å². The summed E-state index contributed by atoms with van der Waals surface area (Å²) in [6, 6.07) is 0.467. The number of nitrogens with one attached hydrogen (secondary N) is 2. The van der Waals surface area contributed by atoms with E-state index in [0.717, 1.165) is 75.9 Å². The van der Waals surface area contributed by atoms with Crippen LogP contribution in [-0.4, -0.2) is 85.6 Å². The number of aliphatic imine (C=N–C) groups is 1. The SMILES string of the molecule is CCNC(=NCC1(O)CCSC1)NC1CCN(CCCOC)CC1.I. The minimum absolute atomic E-state index is 0. The van der Waals surface area contributed by atoms with Crippen LogP contribution >= 0.6 is 35.7 Å². The molecule has 148 valence electrons. The van der Waals surface area contributed by atoms with Crippen LogP contribution in [-0.2, 0) is 4.74 Å². The highest BCUT2D eigenvalue weighted by molar-refractivity contribution is 14.0. The average Bonchev–Trinajstić information content (AvgIpc) is 3.02. The van der Waals surface area contributed by atoms with Crippen molar-refractivity contribution in [3.05, 3.63) is 0 Å². The molecule has 2 heterocycles. The van der Waals surface area contributed by atoms with Crippen LogP contribution in [0.25, 0.3) is 0 Å². The number of ether oxygens (including phenoxy) is 1. The van der Waals surface area contributed by atoms with Crippen molar-refractivity contribution in [3.8, 4) is 0 Å². The lowest BCUT2D eigenvalue weighted by atomic mass is 10.0. The Balaban J connectivity index is 0.00000312. The summed E-state index contributed by atoms with van der Waals surface area (Å²) in [5.41, 5.74) is -0.613. The van der Waals surface area contributed by atoms with E-state index >= 15 is 0 Å². The molecule has 0 aliphatic carbocycles. The van der Waals surface area contributed by atoms with Crippen molar-refractivity contribution in [2.24, 2.45) is 4.99 Å². The number of hydrogen-bond donors (Lipinski definition) is 3. The first kappa shape index (κ1) is 23.3. The molecule has 2 rings (SSSR count). The van der Waals surface area contributed by atoms with E-state index in [4.69, 9.17) is 4.74 Å². The highest BCUT2D eigenvalue weighted by atomic mass is 127. The first-order valence-corrected chi connectivity index (χ1v) is 10.4. The number of guanidine groups is 1. The fourth-order valence-electron chi connectivity index (χ4n) is 3.19. The van der Waals surface area contributed by atoms with Gasteiger partial charge in [-0.15, -0.1) is 24.0 Å². The van der Waals surface area contributed by atoms with Gasteiger partial charge in [-0.1, -0.05) is 0 Å². The van der Waals surface area contributed by atoms with Crippen LogP contribution in [0.15, 0.2) is 4.99 Å². The fourth-order valence-corrected chi connectivity index (χ4v) is 4.48. The van der Waals surface area contributed by atoms with Crippen molar-refractivity contribution in [1.29, 1.82) is 0 Å². The topological polar surface area (TPSA) is 69.1 Å². The molecule has 0 aromatic rings. The van der Waals surface area contributed by atoms with E-state index in [-0.39, 0.29) is 24.0 Å². The van der Waals surface area contributed by atoms with Gasteiger partial charge in [-0.05, 0) is 38.4 Å². The van der Waals surface area contributed by atoms with Crippen molar-refractivity contribution < 1.29 is 9.84 Å². The standard InChI is InChI=1S/C17H34N4O2S.HI/c1-3-18-16(19-13-17(22)7-12-24-14-17)20-15-5-9-21(10-6-15)8-4-11-23-2;/h15,22H,3-14H2,1-2H3,(H2,18,19,20);1H. The van der Waals surface area contributed by atoms with E-state index in [2.05, 4.69) is 27.4 Å². The summed E-state index contributed by atoms with van der Waals surface area (Å²) in [4.78, 5) is 7.16. The van der Waals surface area contributed by atoms with E-state index in [1.807, 2.05) is 11.8 Å². The maximum Gasteiger partial charge on any atom is 0.191 e. The first-order valence-electron chi connectivity index (χ1n) is 9.21. The second-order valence-electron chi connectivity index (χ2n) is 6.83.